The van der Waals surface area contributed by atoms with Crippen molar-refractivity contribution in [2.75, 3.05) is 5.32 Å². The maximum atomic E-state index is 12.6. The smallest absolute Gasteiger partial charge is 0.274 e. The average molecular weight is 232 g/mol. The second-order valence-electron chi connectivity index (χ2n) is 3.37. The number of nitrogens with one attached hydrogen (secondary N) is 1. The number of phenols is 1. The molecule has 0 aliphatic carbocycles. The highest BCUT2D eigenvalue weighted by atomic mass is 19.1. The van der Waals surface area contributed by atoms with Gasteiger partial charge >= 0.3 is 0 Å². The number of carbonyl (C=O) groups excluding carboxylic acids is 1. The molecule has 5 heteroatoms. The van der Waals surface area contributed by atoms with Crippen LogP contribution < -0.4 is 5.32 Å². The Morgan fingerprint density at radius 1 is 1.29 bits per heavy atom. The van der Waals surface area contributed by atoms with Gasteiger partial charge < -0.3 is 10.4 Å². The molecule has 0 radical (unpaired) electrons. The van der Waals surface area contributed by atoms with E-state index in [0.29, 0.717) is 5.69 Å². The molecule has 1 aromatic heterocycles. The lowest BCUT2D eigenvalue weighted by Gasteiger charge is -2.04. The van der Waals surface area contributed by atoms with E-state index >= 15 is 0 Å². The van der Waals surface area contributed by atoms with Gasteiger partial charge in [-0.05, 0) is 24.3 Å². The van der Waals surface area contributed by atoms with E-state index < -0.39 is 11.7 Å². The van der Waals surface area contributed by atoms with E-state index in [1.165, 1.54) is 18.2 Å². The molecule has 0 aliphatic rings. The lowest BCUT2D eigenvalue weighted by Crippen LogP contribution is -2.13. The molecule has 0 unspecified atom stereocenters. The summed E-state index contributed by atoms with van der Waals surface area (Å²) in [4.78, 5) is 15.3. The van der Waals surface area contributed by atoms with Crippen molar-refractivity contribution in [3.05, 3.63) is 54.1 Å². The Labute approximate surface area is 96.7 Å². The number of aromatic hydroxyl groups is 1. The molecule has 0 saturated carbocycles. The van der Waals surface area contributed by atoms with Crippen molar-refractivity contribution in [1.82, 2.24) is 4.98 Å². The predicted octanol–water partition coefficient (Wildman–Crippen LogP) is 2.18. The van der Waals surface area contributed by atoms with Gasteiger partial charge in [-0.1, -0.05) is 6.07 Å². The second kappa shape index (κ2) is 4.61. The SMILES string of the molecule is O=C(Nc1cccc(O)c1)c1ccc(F)cn1. The van der Waals surface area contributed by atoms with Crippen molar-refractivity contribution in [2.24, 2.45) is 0 Å². The third-order valence-electron chi connectivity index (χ3n) is 2.06. The Morgan fingerprint density at radius 3 is 2.76 bits per heavy atom. The molecule has 0 fully saturated rings. The fraction of sp³-hybridized carbons (Fsp3) is 0. The van der Waals surface area contributed by atoms with Gasteiger partial charge in [-0.2, -0.15) is 0 Å². The maximum Gasteiger partial charge on any atom is 0.274 e. The van der Waals surface area contributed by atoms with E-state index in [4.69, 9.17) is 0 Å². The molecule has 1 aromatic carbocycles. The molecular weight excluding hydrogens is 223 g/mol. The minimum absolute atomic E-state index is 0.0508. The van der Waals surface area contributed by atoms with Crippen LogP contribution in [0, 0.1) is 5.82 Å². The molecule has 2 aromatic rings. The molecule has 4 nitrogen and oxygen atoms in total. The van der Waals surface area contributed by atoms with Gasteiger partial charge in [-0.15, -0.1) is 0 Å². The Hall–Kier alpha value is -2.43. The Morgan fingerprint density at radius 2 is 2.12 bits per heavy atom. The van der Waals surface area contributed by atoms with Crippen LogP contribution in [0.15, 0.2) is 42.6 Å². The van der Waals surface area contributed by atoms with E-state index in [0.717, 1.165) is 12.3 Å². The van der Waals surface area contributed by atoms with Crippen LogP contribution in [0.5, 0.6) is 5.75 Å². The Bertz CT molecular complexity index is 540. The van der Waals surface area contributed by atoms with Crippen molar-refractivity contribution in [3.63, 3.8) is 0 Å². The molecule has 0 bridgehead atoms. The molecular formula is C12H9FN2O2. The summed E-state index contributed by atoms with van der Waals surface area (Å²) < 4.78 is 12.6. The van der Waals surface area contributed by atoms with Crippen molar-refractivity contribution < 1.29 is 14.3 Å². The van der Waals surface area contributed by atoms with Crippen LogP contribution in [0.3, 0.4) is 0 Å². The maximum absolute atomic E-state index is 12.6. The molecule has 17 heavy (non-hydrogen) atoms. The van der Waals surface area contributed by atoms with Crippen LogP contribution in [0.2, 0.25) is 0 Å². The number of aromatic nitrogens is 1. The van der Waals surface area contributed by atoms with Crippen molar-refractivity contribution >= 4 is 11.6 Å². The van der Waals surface area contributed by atoms with E-state index in [1.807, 2.05) is 0 Å². The first kappa shape index (κ1) is 11.1. The number of nitrogens with zero attached hydrogens (tertiary/aromatic N) is 1. The highest BCUT2D eigenvalue weighted by molar-refractivity contribution is 6.02. The Kier molecular flexibility index (Phi) is 3.00. The summed E-state index contributed by atoms with van der Waals surface area (Å²) in [5.41, 5.74) is 0.552. The first-order chi connectivity index (χ1) is 8.15. The topological polar surface area (TPSA) is 62.2 Å². The first-order valence-electron chi connectivity index (χ1n) is 4.87. The zero-order valence-electron chi connectivity index (χ0n) is 8.72. The Balaban J connectivity index is 2.14. The van der Waals surface area contributed by atoms with Gasteiger partial charge in [-0.25, -0.2) is 9.37 Å². The van der Waals surface area contributed by atoms with E-state index in [1.54, 1.807) is 12.1 Å². The van der Waals surface area contributed by atoms with Gasteiger partial charge in [0.15, 0.2) is 0 Å². The standard InChI is InChI=1S/C12H9FN2O2/c13-8-4-5-11(14-7-8)12(17)15-9-2-1-3-10(16)6-9/h1-7,16H,(H,15,17). The van der Waals surface area contributed by atoms with Crippen molar-refractivity contribution in [1.29, 1.82) is 0 Å². The molecule has 2 rings (SSSR count). The number of carbonyl (C=O) groups is 1. The average Bonchev–Trinajstić information content (AvgIpc) is 2.29. The fourth-order valence-electron chi connectivity index (χ4n) is 1.29. The zero-order valence-corrected chi connectivity index (χ0v) is 8.72. The van der Waals surface area contributed by atoms with Crippen LogP contribution in [0.1, 0.15) is 10.5 Å². The van der Waals surface area contributed by atoms with Gasteiger partial charge in [0.25, 0.3) is 5.91 Å². The van der Waals surface area contributed by atoms with Gasteiger partial charge in [-0.3, -0.25) is 4.79 Å². The van der Waals surface area contributed by atoms with E-state index in [9.17, 15) is 14.3 Å². The van der Waals surface area contributed by atoms with Crippen LogP contribution in [0.25, 0.3) is 0 Å². The fourth-order valence-corrected chi connectivity index (χ4v) is 1.29. The number of anilines is 1. The summed E-state index contributed by atoms with van der Waals surface area (Å²) in [5.74, 6) is -0.913. The zero-order chi connectivity index (χ0) is 12.3. The van der Waals surface area contributed by atoms with E-state index in [2.05, 4.69) is 10.3 Å². The summed E-state index contributed by atoms with van der Waals surface area (Å²) in [6, 6.07) is 8.56. The van der Waals surface area contributed by atoms with Crippen LogP contribution in [-0.2, 0) is 0 Å². The summed E-state index contributed by atoms with van der Waals surface area (Å²) in [5, 5.41) is 11.8. The summed E-state index contributed by atoms with van der Waals surface area (Å²) in [6.07, 6.45) is 0.970. The van der Waals surface area contributed by atoms with E-state index in [-0.39, 0.29) is 11.4 Å². The molecule has 0 saturated heterocycles. The second-order valence-corrected chi connectivity index (χ2v) is 3.37. The lowest BCUT2D eigenvalue weighted by molar-refractivity contribution is 0.102. The summed E-state index contributed by atoms with van der Waals surface area (Å²) in [6.45, 7) is 0. The number of phenolic OH excluding ortho intramolecular Hbond substituents is 1. The number of halogens is 1. The lowest BCUT2D eigenvalue weighted by atomic mass is 10.3. The van der Waals surface area contributed by atoms with Crippen LogP contribution in [0.4, 0.5) is 10.1 Å². The molecule has 0 aliphatic heterocycles. The highest BCUT2D eigenvalue weighted by Crippen LogP contribution is 2.15. The first-order valence-corrected chi connectivity index (χ1v) is 4.87. The number of hydrogen-bond donors (Lipinski definition) is 2. The minimum atomic E-state index is -0.501. The molecule has 0 atom stereocenters. The number of hydrogen-bond acceptors (Lipinski definition) is 3. The van der Waals surface area contributed by atoms with Gasteiger partial charge in [0.2, 0.25) is 0 Å². The highest BCUT2D eigenvalue weighted by Gasteiger charge is 2.07. The number of amides is 1. The third kappa shape index (κ3) is 2.78. The number of rotatable bonds is 2. The molecule has 1 heterocycles. The van der Waals surface area contributed by atoms with Crippen LogP contribution in [-0.4, -0.2) is 16.0 Å². The largest absolute Gasteiger partial charge is 0.508 e. The minimum Gasteiger partial charge on any atom is -0.508 e. The van der Waals surface area contributed by atoms with Crippen LogP contribution >= 0.6 is 0 Å². The molecule has 2 N–H and O–H groups in total. The quantitative estimate of drug-likeness (QED) is 0.834. The number of pyridine rings is 1. The predicted molar refractivity (Wildman–Crippen MR) is 60.3 cm³/mol. The third-order valence-corrected chi connectivity index (χ3v) is 2.06. The molecule has 86 valence electrons. The van der Waals surface area contributed by atoms with Gasteiger partial charge in [0.05, 0.1) is 6.20 Å². The molecule has 1 amide bonds. The number of benzene rings is 1. The summed E-state index contributed by atoms with van der Waals surface area (Å²) >= 11 is 0. The van der Waals surface area contributed by atoms with Gasteiger partial charge in [0, 0.05) is 11.8 Å². The summed E-state index contributed by atoms with van der Waals surface area (Å²) in [7, 11) is 0. The van der Waals surface area contributed by atoms with Crippen molar-refractivity contribution in [2.45, 2.75) is 0 Å². The van der Waals surface area contributed by atoms with Crippen molar-refractivity contribution in [3.8, 4) is 5.75 Å². The van der Waals surface area contributed by atoms with Gasteiger partial charge in [0.1, 0.15) is 17.3 Å². The monoisotopic (exact) mass is 232 g/mol. The molecule has 0 spiro atoms. The normalized spacial score (nSPS) is 9.94.